The van der Waals surface area contributed by atoms with Crippen molar-refractivity contribution in [1.29, 1.82) is 0 Å². The molecule has 0 bridgehead atoms. The molecule has 0 atom stereocenters. The maximum Gasteiger partial charge on any atom is 0.123 e. The fraction of sp³-hybridized carbons (Fsp3) is 0.500. The molecule has 1 saturated heterocycles. The molecule has 2 rings (SSSR count). The average molecular weight is 268 g/mol. The van der Waals surface area contributed by atoms with Crippen LogP contribution in [0.15, 0.2) is 24.3 Å². The highest BCUT2D eigenvalue weighted by Gasteiger charge is 2.17. The van der Waals surface area contributed by atoms with Crippen LogP contribution in [0.3, 0.4) is 0 Å². The van der Waals surface area contributed by atoms with Gasteiger partial charge in [0, 0.05) is 17.5 Å². The van der Waals surface area contributed by atoms with E-state index in [0.717, 1.165) is 49.5 Å². The van der Waals surface area contributed by atoms with E-state index < -0.39 is 0 Å². The van der Waals surface area contributed by atoms with E-state index in [1.807, 2.05) is 24.3 Å². The van der Waals surface area contributed by atoms with Crippen molar-refractivity contribution in [3.05, 3.63) is 29.3 Å². The number of aldehydes is 1. The van der Waals surface area contributed by atoms with E-state index in [-0.39, 0.29) is 5.92 Å². The summed E-state index contributed by atoms with van der Waals surface area (Å²) in [5.74, 6) is 1.11. The van der Waals surface area contributed by atoms with Crippen molar-refractivity contribution >= 4 is 17.9 Å². The smallest absolute Gasteiger partial charge is 0.123 e. The SMILES string of the molecule is O=CC1CCN(CCOc2ccc(Cl)cc2)CC1. The Morgan fingerprint density at radius 2 is 1.94 bits per heavy atom. The van der Waals surface area contributed by atoms with Crippen molar-refractivity contribution in [1.82, 2.24) is 4.90 Å². The molecule has 0 aliphatic carbocycles. The van der Waals surface area contributed by atoms with Crippen LogP contribution in [0.25, 0.3) is 0 Å². The fourth-order valence-corrected chi connectivity index (χ4v) is 2.26. The topological polar surface area (TPSA) is 29.5 Å². The van der Waals surface area contributed by atoms with Crippen LogP contribution in [0, 0.1) is 5.92 Å². The van der Waals surface area contributed by atoms with Gasteiger partial charge in [0.05, 0.1) is 0 Å². The summed E-state index contributed by atoms with van der Waals surface area (Å²) in [6.07, 6.45) is 3.04. The monoisotopic (exact) mass is 267 g/mol. The first kappa shape index (κ1) is 13.4. The van der Waals surface area contributed by atoms with Crippen LogP contribution in [-0.4, -0.2) is 37.4 Å². The van der Waals surface area contributed by atoms with Crippen molar-refractivity contribution in [2.75, 3.05) is 26.2 Å². The number of carbonyl (C=O) groups excluding carboxylic acids is 1. The molecule has 1 fully saturated rings. The summed E-state index contributed by atoms with van der Waals surface area (Å²) in [5, 5.41) is 0.721. The Morgan fingerprint density at radius 3 is 2.56 bits per heavy atom. The zero-order valence-corrected chi connectivity index (χ0v) is 11.1. The molecule has 4 heteroatoms. The van der Waals surface area contributed by atoms with Crippen molar-refractivity contribution in [3.63, 3.8) is 0 Å². The largest absolute Gasteiger partial charge is 0.492 e. The van der Waals surface area contributed by atoms with Crippen LogP contribution >= 0.6 is 11.6 Å². The zero-order chi connectivity index (χ0) is 12.8. The Balaban J connectivity index is 1.67. The Kier molecular flexibility index (Phi) is 5.02. The summed E-state index contributed by atoms with van der Waals surface area (Å²) in [6, 6.07) is 7.40. The number of nitrogens with zero attached hydrogens (tertiary/aromatic N) is 1. The summed E-state index contributed by atoms with van der Waals surface area (Å²) < 4.78 is 5.65. The van der Waals surface area contributed by atoms with Gasteiger partial charge >= 0.3 is 0 Å². The number of benzene rings is 1. The van der Waals surface area contributed by atoms with Crippen LogP contribution in [0.5, 0.6) is 5.75 Å². The maximum atomic E-state index is 10.6. The third-order valence-corrected chi connectivity index (χ3v) is 3.57. The van der Waals surface area contributed by atoms with Gasteiger partial charge in [0.15, 0.2) is 0 Å². The molecule has 1 aromatic carbocycles. The summed E-state index contributed by atoms with van der Waals surface area (Å²) >= 11 is 5.80. The summed E-state index contributed by atoms with van der Waals surface area (Å²) in [5.41, 5.74) is 0. The Bertz CT molecular complexity index is 372. The molecule has 0 radical (unpaired) electrons. The van der Waals surface area contributed by atoms with E-state index in [2.05, 4.69) is 4.90 Å². The molecule has 0 aromatic heterocycles. The van der Waals surface area contributed by atoms with Crippen LogP contribution in [0.2, 0.25) is 5.02 Å². The van der Waals surface area contributed by atoms with E-state index in [1.54, 1.807) is 0 Å². The lowest BCUT2D eigenvalue weighted by molar-refractivity contribution is -0.112. The molecule has 0 saturated carbocycles. The molecule has 3 nitrogen and oxygen atoms in total. The Labute approximate surface area is 113 Å². The molecule has 98 valence electrons. The third-order valence-electron chi connectivity index (χ3n) is 3.31. The first-order valence-electron chi connectivity index (χ1n) is 6.34. The minimum Gasteiger partial charge on any atom is -0.492 e. The zero-order valence-electron chi connectivity index (χ0n) is 10.3. The van der Waals surface area contributed by atoms with Gasteiger partial charge in [-0.15, -0.1) is 0 Å². The molecule has 0 N–H and O–H groups in total. The Morgan fingerprint density at radius 1 is 1.28 bits per heavy atom. The van der Waals surface area contributed by atoms with E-state index in [4.69, 9.17) is 16.3 Å². The highest BCUT2D eigenvalue weighted by molar-refractivity contribution is 6.30. The van der Waals surface area contributed by atoms with E-state index in [0.29, 0.717) is 6.61 Å². The number of piperidine rings is 1. The number of likely N-dealkylation sites (tertiary alicyclic amines) is 1. The summed E-state index contributed by atoms with van der Waals surface area (Å²) in [4.78, 5) is 13.0. The van der Waals surface area contributed by atoms with Crippen LogP contribution < -0.4 is 4.74 Å². The van der Waals surface area contributed by atoms with E-state index >= 15 is 0 Å². The van der Waals surface area contributed by atoms with Crippen LogP contribution in [0.1, 0.15) is 12.8 Å². The number of rotatable bonds is 5. The predicted octanol–water partition coefficient (Wildman–Crippen LogP) is 2.63. The van der Waals surface area contributed by atoms with Gasteiger partial charge in [-0.05, 0) is 50.2 Å². The van der Waals surface area contributed by atoms with Gasteiger partial charge in [-0.25, -0.2) is 0 Å². The standard InChI is InChI=1S/C14H18ClNO2/c15-13-1-3-14(4-2-13)18-10-9-16-7-5-12(11-17)6-8-16/h1-4,11-12H,5-10H2. The molecule has 1 heterocycles. The number of hydrogen-bond acceptors (Lipinski definition) is 3. The van der Waals surface area contributed by atoms with Gasteiger partial charge in [0.25, 0.3) is 0 Å². The highest BCUT2D eigenvalue weighted by Crippen LogP contribution is 2.16. The second kappa shape index (κ2) is 6.76. The molecule has 0 spiro atoms. The third kappa shape index (κ3) is 4.00. The molecular weight excluding hydrogens is 250 g/mol. The van der Waals surface area contributed by atoms with Gasteiger partial charge < -0.3 is 9.53 Å². The van der Waals surface area contributed by atoms with E-state index in [1.165, 1.54) is 0 Å². The molecule has 1 aromatic rings. The molecule has 0 amide bonds. The Hall–Kier alpha value is -1.06. The quantitative estimate of drug-likeness (QED) is 0.768. The van der Waals surface area contributed by atoms with Crippen molar-refractivity contribution < 1.29 is 9.53 Å². The second-order valence-electron chi connectivity index (χ2n) is 4.62. The van der Waals surface area contributed by atoms with Crippen molar-refractivity contribution in [2.24, 2.45) is 5.92 Å². The molecule has 0 unspecified atom stereocenters. The molecule has 1 aliphatic heterocycles. The molecular formula is C14H18ClNO2. The van der Waals surface area contributed by atoms with Gasteiger partial charge in [-0.2, -0.15) is 0 Å². The highest BCUT2D eigenvalue weighted by atomic mass is 35.5. The minimum atomic E-state index is 0.262. The summed E-state index contributed by atoms with van der Waals surface area (Å²) in [7, 11) is 0. The predicted molar refractivity (Wildman–Crippen MR) is 72.2 cm³/mol. The normalized spacial score (nSPS) is 17.6. The number of ether oxygens (including phenoxy) is 1. The summed E-state index contributed by atoms with van der Waals surface area (Å²) in [6.45, 7) is 3.57. The maximum absolute atomic E-state index is 10.6. The van der Waals surface area contributed by atoms with Crippen LogP contribution in [0.4, 0.5) is 0 Å². The number of carbonyl (C=O) groups is 1. The minimum absolute atomic E-state index is 0.262. The molecule has 1 aliphatic rings. The lowest BCUT2D eigenvalue weighted by atomic mass is 9.99. The first-order valence-corrected chi connectivity index (χ1v) is 6.72. The van der Waals surface area contributed by atoms with Gasteiger partial charge in [-0.1, -0.05) is 11.6 Å². The average Bonchev–Trinajstić information content (AvgIpc) is 2.42. The first-order chi connectivity index (χ1) is 8.78. The van der Waals surface area contributed by atoms with Crippen LogP contribution in [-0.2, 0) is 4.79 Å². The van der Waals surface area contributed by atoms with Gasteiger partial charge in [-0.3, -0.25) is 4.90 Å². The van der Waals surface area contributed by atoms with Crippen molar-refractivity contribution in [2.45, 2.75) is 12.8 Å². The van der Waals surface area contributed by atoms with Crippen molar-refractivity contribution in [3.8, 4) is 5.75 Å². The van der Waals surface area contributed by atoms with Gasteiger partial charge in [0.1, 0.15) is 18.6 Å². The van der Waals surface area contributed by atoms with Gasteiger partial charge in [0.2, 0.25) is 0 Å². The lowest BCUT2D eigenvalue weighted by Crippen LogP contribution is -2.36. The van der Waals surface area contributed by atoms with E-state index in [9.17, 15) is 4.79 Å². The fourth-order valence-electron chi connectivity index (χ4n) is 2.14. The molecule has 18 heavy (non-hydrogen) atoms. The number of hydrogen-bond donors (Lipinski definition) is 0. The lowest BCUT2D eigenvalue weighted by Gasteiger charge is -2.29. The number of halogens is 1. The second-order valence-corrected chi connectivity index (χ2v) is 5.05.